The third-order valence-corrected chi connectivity index (χ3v) is 8.23. The van der Waals surface area contributed by atoms with Crippen molar-refractivity contribution in [1.29, 1.82) is 0 Å². The van der Waals surface area contributed by atoms with E-state index in [1.165, 1.54) is 11.8 Å². The molecule has 41 heavy (non-hydrogen) atoms. The topological polar surface area (TPSA) is 47.4 Å². The second-order valence-electron chi connectivity index (χ2n) is 9.65. The number of nitrogens with zero attached hydrogens (tertiary/aromatic N) is 3. The molecule has 1 aromatic heterocycles. The molecule has 6 rings (SSSR count). The number of aromatic nitrogens is 2. The summed E-state index contributed by atoms with van der Waals surface area (Å²) in [5.41, 5.74) is 5.52. The van der Waals surface area contributed by atoms with Crippen LogP contribution in [0.25, 0.3) is 23.0 Å². The summed E-state index contributed by atoms with van der Waals surface area (Å²) < 4.78 is 8.49. The molecule has 0 saturated carbocycles. The van der Waals surface area contributed by atoms with Gasteiger partial charge in [0.1, 0.15) is 22.4 Å². The molecule has 4 aromatic carbocycles. The Hall–Kier alpha value is -4.46. The zero-order valence-electron chi connectivity index (χ0n) is 22.4. The Morgan fingerprint density at radius 3 is 2.32 bits per heavy atom. The lowest BCUT2D eigenvalue weighted by molar-refractivity contribution is -0.123. The van der Waals surface area contributed by atoms with Crippen molar-refractivity contribution in [2.75, 3.05) is 0 Å². The van der Waals surface area contributed by atoms with Crippen LogP contribution < -0.4 is 4.74 Å². The summed E-state index contributed by atoms with van der Waals surface area (Å²) in [6.07, 6.45) is 3.85. The third-order valence-electron chi connectivity index (χ3n) is 6.90. The van der Waals surface area contributed by atoms with Crippen molar-refractivity contribution in [3.63, 3.8) is 0 Å². The van der Waals surface area contributed by atoms with Gasteiger partial charge in [-0.2, -0.15) is 5.10 Å². The number of ether oxygens (including phenoxy) is 1. The molecule has 0 N–H and O–H groups in total. The van der Waals surface area contributed by atoms with Crippen LogP contribution in [-0.2, 0) is 11.4 Å². The number of thiocarbonyl (C=S) groups is 1. The molecule has 0 bridgehead atoms. The summed E-state index contributed by atoms with van der Waals surface area (Å²) in [5, 5.41) is 4.95. The van der Waals surface area contributed by atoms with E-state index in [-0.39, 0.29) is 11.9 Å². The van der Waals surface area contributed by atoms with Crippen LogP contribution in [0.4, 0.5) is 0 Å². The second kappa shape index (κ2) is 12.0. The minimum absolute atomic E-state index is 0.102. The quantitative estimate of drug-likeness (QED) is 0.139. The van der Waals surface area contributed by atoms with E-state index < -0.39 is 0 Å². The second-order valence-corrected chi connectivity index (χ2v) is 11.3. The van der Waals surface area contributed by atoms with Crippen LogP contribution in [0.3, 0.4) is 0 Å². The van der Waals surface area contributed by atoms with Gasteiger partial charge in [-0.05, 0) is 48.4 Å². The Bertz CT molecular complexity index is 1720. The van der Waals surface area contributed by atoms with Crippen molar-refractivity contribution in [2.24, 2.45) is 0 Å². The summed E-state index contributed by atoms with van der Waals surface area (Å²) in [6, 6.07) is 37.7. The normalized spacial score (nSPS) is 15.0. The fraction of sp³-hybridized carbons (Fsp3) is 0.0882. The van der Waals surface area contributed by atoms with Gasteiger partial charge < -0.3 is 4.74 Å². The average molecular weight is 574 g/mol. The predicted molar refractivity (Wildman–Crippen MR) is 170 cm³/mol. The molecule has 0 spiro atoms. The molecule has 1 amide bonds. The first-order valence-corrected chi connectivity index (χ1v) is 14.5. The van der Waals surface area contributed by atoms with E-state index >= 15 is 0 Å². The van der Waals surface area contributed by atoms with Crippen molar-refractivity contribution in [2.45, 2.75) is 19.6 Å². The molecule has 1 fully saturated rings. The molecule has 5 aromatic rings. The Morgan fingerprint density at radius 2 is 1.59 bits per heavy atom. The molecule has 1 aliphatic rings. The first kappa shape index (κ1) is 26.7. The number of carbonyl (C=O) groups excluding carboxylic acids is 1. The lowest BCUT2D eigenvalue weighted by Gasteiger charge is -2.23. The summed E-state index contributed by atoms with van der Waals surface area (Å²) in [5.74, 6) is 0.643. The van der Waals surface area contributed by atoms with Gasteiger partial charge in [-0.25, -0.2) is 4.68 Å². The van der Waals surface area contributed by atoms with Crippen molar-refractivity contribution >= 4 is 40.3 Å². The highest BCUT2D eigenvalue weighted by Crippen LogP contribution is 2.39. The smallest absolute Gasteiger partial charge is 0.266 e. The van der Waals surface area contributed by atoms with Crippen LogP contribution in [0.15, 0.2) is 126 Å². The number of para-hydroxylation sites is 1. The standard InChI is InChI=1S/C34H27N3O2S2/c1-24(26-14-7-3-8-15-26)37-33(38)31(41-34(37)40)21-28-22-36(29-17-9-4-10-18-29)35-32(28)27-16-11-19-30(20-27)39-23-25-12-5-2-6-13-25/h2-22,24H,23H2,1H3. The number of thioether (sulfide) groups is 1. The highest BCUT2D eigenvalue weighted by molar-refractivity contribution is 8.26. The number of rotatable bonds is 8. The van der Waals surface area contributed by atoms with Gasteiger partial charge in [-0.1, -0.05) is 115 Å². The summed E-state index contributed by atoms with van der Waals surface area (Å²) in [4.78, 5) is 15.9. The molecule has 5 nitrogen and oxygen atoms in total. The third kappa shape index (κ3) is 5.87. The molecule has 1 unspecified atom stereocenters. The van der Waals surface area contributed by atoms with Crippen molar-refractivity contribution in [3.8, 4) is 22.7 Å². The van der Waals surface area contributed by atoms with Gasteiger partial charge in [0.2, 0.25) is 0 Å². The lowest BCUT2D eigenvalue weighted by atomic mass is 10.1. The zero-order chi connectivity index (χ0) is 28.2. The van der Waals surface area contributed by atoms with Gasteiger partial charge >= 0.3 is 0 Å². The van der Waals surface area contributed by atoms with Gasteiger partial charge in [0, 0.05) is 17.3 Å². The Labute approximate surface area is 249 Å². The number of hydrogen-bond acceptors (Lipinski definition) is 5. The van der Waals surface area contributed by atoms with Crippen LogP contribution in [0.5, 0.6) is 5.75 Å². The highest BCUT2D eigenvalue weighted by atomic mass is 32.2. The Kier molecular flexibility index (Phi) is 7.80. The molecule has 1 aliphatic heterocycles. The summed E-state index contributed by atoms with van der Waals surface area (Å²) in [6.45, 7) is 2.47. The fourth-order valence-electron chi connectivity index (χ4n) is 4.74. The van der Waals surface area contributed by atoms with Crippen molar-refractivity contribution in [1.82, 2.24) is 14.7 Å². The molecule has 0 radical (unpaired) electrons. The number of hydrogen-bond donors (Lipinski definition) is 0. The molecule has 0 aliphatic carbocycles. The lowest BCUT2D eigenvalue weighted by Crippen LogP contribution is -2.30. The Morgan fingerprint density at radius 1 is 0.902 bits per heavy atom. The van der Waals surface area contributed by atoms with Gasteiger partial charge in [0.05, 0.1) is 16.6 Å². The number of amides is 1. The predicted octanol–water partition coefficient (Wildman–Crippen LogP) is 8.08. The van der Waals surface area contributed by atoms with Gasteiger partial charge in [0.15, 0.2) is 0 Å². The van der Waals surface area contributed by atoms with E-state index in [1.54, 1.807) is 4.90 Å². The SMILES string of the molecule is CC(c1ccccc1)N1C(=O)C(=Cc2cn(-c3ccccc3)nc2-c2cccc(OCc3ccccc3)c2)SC1=S. The van der Waals surface area contributed by atoms with Crippen molar-refractivity contribution in [3.05, 3.63) is 143 Å². The van der Waals surface area contributed by atoms with E-state index in [9.17, 15) is 4.79 Å². The maximum atomic E-state index is 13.6. The molecule has 2 heterocycles. The van der Waals surface area contributed by atoms with Crippen molar-refractivity contribution < 1.29 is 9.53 Å². The van der Waals surface area contributed by atoms with Crippen LogP contribution in [-0.4, -0.2) is 24.9 Å². The zero-order valence-corrected chi connectivity index (χ0v) is 24.0. The average Bonchev–Trinajstić information content (AvgIpc) is 3.57. The van der Waals surface area contributed by atoms with Crippen LogP contribution in [0, 0.1) is 0 Å². The fourth-order valence-corrected chi connectivity index (χ4v) is 6.15. The van der Waals surface area contributed by atoms with Crippen LogP contribution in [0.1, 0.15) is 29.7 Å². The monoisotopic (exact) mass is 573 g/mol. The molecule has 1 saturated heterocycles. The number of benzene rings is 4. The molecular weight excluding hydrogens is 547 g/mol. The minimum Gasteiger partial charge on any atom is -0.489 e. The van der Waals surface area contributed by atoms with Gasteiger partial charge in [0.25, 0.3) is 5.91 Å². The van der Waals surface area contributed by atoms with E-state index in [4.69, 9.17) is 22.1 Å². The largest absolute Gasteiger partial charge is 0.489 e. The van der Waals surface area contributed by atoms with E-state index in [0.717, 1.165) is 39.4 Å². The van der Waals surface area contributed by atoms with E-state index in [1.807, 2.05) is 139 Å². The molecule has 202 valence electrons. The summed E-state index contributed by atoms with van der Waals surface area (Å²) >= 11 is 7.00. The van der Waals surface area contributed by atoms with Gasteiger partial charge in [-0.15, -0.1) is 0 Å². The maximum Gasteiger partial charge on any atom is 0.266 e. The summed E-state index contributed by atoms with van der Waals surface area (Å²) in [7, 11) is 0. The molecule has 7 heteroatoms. The van der Waals surface area contributed by atoms with E-state index in [0.29, 0.717) is 15.8 Å². The maximum absolute atomic E-state index is 13.6. The highest BCUT2D eigenvalue weighted by Gasteiger charge is 2.36. The van der Waals surface area contributed by atoms with Crippen LogP contribution in [0.2, 0.25) is 0 Å². The first-order valence-electron chi connectivity index (χ1n) is 13.3. The van der Waals surface area contributed by atoms with Gasteiger partial charge in [-0.3, -0.25) is 9.69 Å². The Balaban J connectivity index is 1.35. The van der Waals surface area contributed by atoms with E-state index in [2.05, 4.69) is 0 Å². The van der Waals surface area contributed by atoms with Crippen LogP contribution >= 0.6 is 24.0 Å². The molecule has 1 atom stereocenters. The first-order chi connectivity index (χ1) is 20.1. The molecular formula is C34H27N3O2S2. The number of carbonyl (C=O) groups is 1. The minimum atomic E-state index is -0.167.